The summed E-state index contributed by atoms with van der Waals surface area (Å²) < 4.78 is 0. The molecular formula is C27H34N4O3. The maximum Gasteiger partial charge on any atom is 0.252 e. The fourth-order valence-corrected chi connectivity index (χ4v) is 5.54. The van der Waals surface area contributed by atoms with E-state index in [0.29, 0.717) is 12.1 Å². The number of hydrogen-bond acceptors (Lipinski definition) is 4. The zero-order valence-electron chi connectivity index (χ0n) is 19.9. The van der Waals surface area contributed by atoms with Crippen LogP contribution in [0.3, 0.4) is 0 Å². The smallest absolute Gasteiger partial charge is 0.252 e. The van der Waals surface area contributed by atoms with Gasteiger partial charge < -0.3 is 15.1 Å². The molecule has 3 atom stereocenters. The first-order valence-electron chi connectivity index (χ1n) is 12.3. The number of hydrogen-bond donors (Lipinski definition) is 1. The number of pyridine rings is 1. The van der Waals surface area contributed by atoms with E-state index in [-0.39, 0.29) is 48.8 Å². The van der Waals surface area contributed by atoms with Crippen LogP contribution in [0.15, 0.2) is 54.9 Å². The molecule has 2 saturated heterocycles. The lowest BCUT2D eigenvalue weighted by Gasteiger charge is -2.37. The summed E-state index contributed by atoms with van der Waals surface area (Å²) in [6.07, 6.45) is 9.02. The van der Waals surface area contributed by atoms with Crippen molar-refractivity contribution in [1.82, 2.24) is 20.1 Å². The van der Waals surface area contributed by atoms with Gasteiger partial charge in [-0.2, -0.15) is 0 Å². The van der Waals surface area contributed by atoms with Crippen molar-refractivity contribution in [3.05, 3.63) is 66.0 Å². The van der Waals surface area contributed by atoms with Gasteiger partial charge >= 0.3 is 0 Å². The number of carbonyl (C=O) groups is 3. The molecule has 3 amide bonds. The lowest BCUT2D eigenvalue weighted by atomic mass is 9.95. The molecule has 1 aromatic carbocycles. The Labute approximate surface area is 201 Å². The van der Waals surface area contributed by atoms with Crippen molar-refractivity contribution in [3.8, 4) is 0 Å². The summed E-state index contributed by atoms with van der Waals surface area (Å²) in [5.41, 5.74) is 1.70. The molecule has 2 aromatic rings. The molecule has 0 bridgehead atoms. The molecular weight excluding hydrogens is 428 g/mol. The Bertz CT molecular complexity index is 982. The van der Waals surface area contributed by atoms with E-state index < -0.39 is 0 Å². The number of fused-ring (bicyclic) bond motifs is 1. The SMILES string of the molecule is CC(=O)N1[C@H](Cc2ccccc2)C[C@H]2[C@H]1CCCCCN2C(=O)CCNC(=O)c1cccnc1. The molecule has 2 aliphatic rings. The summed E-state index contributed by atoms with van der Waals surface area (Å²) >= 11 is 0. The Morgan fingerprint density at radius 2 is 1.85 bits per heavy atom. The molecule has 1 N–H and O–H groups in total. The van der Waals surface area contributed by atoms with Gasteiger partial charge in [0.1, 0.15) is 0 Å². The summed E-state index contributed by atoms with van der Waals surface area (Å²) in [6, 6.07) is 13.9. The lowest BCUT2D eigenvalue weighted by Crippen LogP contribution is -2.51. The van der Waals surface area contributed by atoms with Gasteiger partial charge in [-0.3, -0.25) is 19.4 Å². The molecule has 3 heterocycles. The molecule has 0 unspecified atom stereocenters. The highest BCUT2D eigenvalue weighted by atomic mass is 16.2. The van der Waals surface area contributed by atoms with Crippen LogP contribution < -0.4 is 5.32 Å². The molecule has 2 aliphatic heterocycles. The zero-order valence-corrected chi connectivity index (χ0v) is 19.9. The highest BCUT2D eigenvalue weighted by molar-refractivity contribution is 5.94. The minimum Gasteiger partial charge on any atom is -0.351 e. The molecule has 0 radical (unpaired) electrons. The zero-order chi connectivity index (χ0) is 23.9. The number of nitrogens with one attached hydrogen (secondary N) is 1. The number of benzene rings is 1. The van der Waals surface area contributed by atoms with Crippen LogP contribution in [0.4, 0.5) is 0 Å². The standard InChI is InChI=1S/C27H34N4O3/c1-20(32)31-23(17-21-9-4-2-5-10-21)18-25-24(31)12-6-3-7-16-30(25)26(33)13-15-29-27(34)22-11-8-14-28-19-22/h2,4-5,8-11,14,19,23-25H,3,6-7,12-13,15-18H2,1H3,(H,29,34)/t23-,24-,25+/m1/s1. The monoisotopic (exact) mass is 462 g/mol. The summed E-state index contributed by atoms with van der Waals surface area (Å²) in [5.74, 6) is -0.0876. The van der Waals surface area contributed by atoms with Crippen LogP contribution >= 0.6 is 0 Å². The van der Waals surface area contributed by atoms with Gasteiger partial charge in [0.05, 0.1) is 17.6 Å². The fourth-order valence-electron chi connectivity index (χ4n) is 5.54. The minimum absolute atomic E-state index is 0.0273. The average molecular weight is 463 g/mol. The maximum atomic E-state index is 13.3. The van der Waals surface area contributed by atoms with E-state index in [9.17, 15) is 14.4 Å². The Morgan fingerprint density at radius 3 is 2.59 bits per heavy atom. The number of likely N-dealkylation sites (tertiary alicyclic amines) is 2. The van der Waals surface area contributed by atoms with Gasteiger partial charge in [-0.05, 0) is 43.4 Å². The fraction of sp³-hybridized carbons (Fsp3) is 0.481. The number of aromatic nitrogens is 1. The van der Waals surface area contributed by atoms with E-state index in [2.05, 4.69) is 22.4 Å². The second kappa shape index (κ2) is 11.3. The van der Waals surface area contributed by atoms with Gasteiger partial charge in [0.2, 0.25) is 11.8 Å². The Hall–Kier alpha value is -3.22. The predicted molar refractivity (Wildman–Crippen MR) is 130 cm³/mol. The third-order valence-corrected chi connectivity index (χ3v) is 7.05. The molecule has 0 saturated carbocycles. The van der Waals surface area contributed by atoms with Gasteiger partial charge in [0.25, 0.3) is 5.91 Å². The van der Waals surface area contributed by atoms with Crippen molar-refractivity contribution >= 4 is 17.7 Å². The first-order chi connectivity index (χ1) is 16.5. The number of rotatable bonds is 6. The normalized spacial score (nSPS) is 22.4. The van der Waals surface area contributed by atoms with Crippen LogP contribution in [0.5, 0.6) is 0 Å². The second-order valence-electron chi connectivity index (χ2n) is 9.32. The largest absolute Gasteiger partial charge is 0.351 e. The summed E-state index contributed by atoms with van der Waals surface area (Å²) in [5, 5.41) is 2.83. The maximum absolute atomic E-state index is 13.3. The molecule has 34 heavy (non-hydrogen) atoms. The lowest BCUT2D eigenvalue weighted by molar-refractivity contribution is -0.137. The Morgan fingerprint density at radius 1 is 1.03 bits per heavy atom. The van der Waals surface area contributed by atoms with Crippen LogP contribution in [0.25, 0.3) is 0 Å². The van der Waals surface area contributed by atoms with Crippen LogP contribution in [0.1, 0.15) is 61.4 Å². The van der Waals surface area contributed by atoms with Crippen LogP contribution in [0, 0.1) is 0 Å². The van der Waals surface area contributed by atoms with E-state index in [1.165, 1.54) is 11.8 Å². The van der Waals surface area contributed by atoms with Crippen molar-refractivity contribution in [3.63, 3.8) is 0 Å². The van der Waals surface area contributed by atoms with Crippen LogP contribution in [0.2, 0.25) is 0 Å². The van der Waals surface area contributed by atoms with Crippen molar-refractivity contribution < 1.29 is 14.4 Å². The van der Waals surface area contributed by atoms with Crippen molar-refractivity contribution in [2.24, 2.45) is 0 Å². The quantitative estimate of drug-likeness (QED) is 0.715. The highest BCUT2D eigenvalue weighted by Gasteiger charge is 2.46. The number of carbonyl (C=O) groups excluding carboxylic acids is 3. The van der Waals surface area contributed by atoms with E-state index >= 15 is 0 Å². The first kappa shape index (κ1) is 23.9. The van der Waals surface area contributed by atoms with Gasteiger partial charge in [-0.25, -0.2) is 0 Å². The Balaban J connectivity index is 1.44. The molecule has 4 rings (SSSR count). The van der Waals surface area contributed by atoms with Gasteiger partial charge in [0.15, 0.2) is 0 Å². The van der Waals surface area contributed by atoms with E-state index in [1.807, 2.05) is 28.0 Å². The minimum atomic E-state index is -0.224. The molecule has 0 aliphatic carbocycles. The highest BCUT2D eigenvalue weighted by Crippen LogP contribution is 2.35. The second-order valence-corrected chi connectivity index (χ2v) is 9.32. The van der Waals surface area contributed by atoms with Crippen molar-refractivity contribution in [2.75, 3.05) is 13.1 Å². The number of amides is 3. The van der Waals surface area contributed by atoms with Crippen LogP contribution in [-0.4, -0.2) is 63.7 Å². The van der Waals surface area contributed by atoms with E-state index in [4.69, 9.17) is 0 Å². The van der Waals surface area contributed by atoms with Crippen molar-refractivity contribution in [1.29, 1.82) is 0 Å². The summed E-state index contributed by atoms with van der Waals surface area (Å²) in [7, 11) is 0. The third kappa shape index (κ3) is 5.64. The average Bonchev–Trinajstić information content (AvgIpc) is 3.17. The van der Waals surface area contributed by atoms with Crippen molar-refractivity contribution in [2.45, 2.75) is 70.0 Å². The first-order valence-corrected chi connectivity index (χ1v) is 12.3. The third-order valence-electron chi connectivity index (χ3n) is 7.05. The van der Waals surface area contributed by atoms with Gasteiger partial charge in [0, 0.05) is 44.9 Å². The number of nitrogens with zero attached hydrogens (tertiary/aromatic N) is 3. The predicted octanol–water partition coefficient (Wildman–Crippen LogP) is 3.20. The van der Waals surface area contributed by atoms with Gasteiger partial charge in [-0.1, -0.05) is 43.2 Å². The van der Waals surface area contributed by atoms with E-state index in [1.54, 1.807) is 25.3 Å². The van der Waals surface area contributed by atoms with Crippen LogP contribution in [-0.2, 0) is 16.0 Å². The summed E-state index contributed by atoms with van der Waals surface area (Å²) in [4.78, 5) is 46.4. The summed E-state index contributed by atoms with van der Waals surface area (Å²) in [6.45, 7) is 2.64. The Kier molecular flexibility index (Phi) is 7.93. The topological polar surface area (TPSA) is 82.6 Å². The molecule has 7 heteroatoms. The molecule has 180 valence electrons. The molecule has 2 fully saturated rings. The molecule has 1 aromatic heterocycles. The van der Waals surface area contributed by atoms with E-state index in [0.717, 1.165) is 38.5 Å². The molecule has 0 spiro atoms. The van der Waals surface area contributed by atoms with Gasteiger partial charge in [-0.15, -0.1) is 0 Å². The molecule has 7 nitrogen and oxygen atoms in total.